The van der Waals surface area contributed by atoms with Crippen molar-refractivity contribution in [3.05, 3.63) is 76.6 Å². The molecule has 0 bridgehead atoms. The molecule has 7 nitrogen and oxygen atoms in total. The zero-order chi connectivity index (χ0) is 20.5. The maximum Gasteiger partial charge on any atom is 0.338 e. The van der Waals surface area contributed by atoms with E-state index in [1.165, 1.54) is 0 Å². The number of nitrogens with zero attached hydrogens (tertiary/aromatic N) is 2. The minimum atomic E-state index is -0.392. The third-order valence-corrected chi connectivity index (χ3v) is 5.04. The lowest BCUT2D eigenvalue weighted by molar-refractivity contribution is 0.0526. The van der Waals surface area contributed by atoms with Crippen molar-refractivity contribution in [1.82, 2.24) is 10.2 Å². The molecule has 0 fully saturated rings. The summed E-state index contributed by atoms with van der Waals surface area (Å²) >= 11 is 0. The topological polar surface area (TPSA) is 84.5 Å². The molecule has 29 heavy (non-hydrogen) atoms. The Morgan fingerprint density at radius 1 is 1.17 bits per heavy atom. The van der Waals surface area contributed by atoms with Crippen molar-refractivity contribution >= 4 is 17.6 Å². The second-order valence-corrected chi connectivity index (χ2v) is 6.70. The highest BCUT2D eigenvalue weighted by Gasteiger charge is 2.43. The number of rotatable bonds is 5. The summed E-state index contributed by atoms with van der Waals surface area (Å²) in [5, 5.41) is 7.14. The number of esters is 1. The van der Waals surface area contributed by atoms with Crippen LogP contribution >= 0.6 is 0 Å². The van der Waals surface area contributed by atoms with Crippen LogP contribution in [0.15, 0.2) is 48.5 Å². The molecule has 0 saturated heterocycles. The number of H-pyrrole nitrogens is 1. The molecule has 4 rings (SSSR count). The first kappa shape index (κ1) is 18.7. The van der Waals surface area contributed by atoms with Crippen LogP contribution in [0.2, 0.25) is 0 Å². The van der Waals surface area contributed by atoms with Gasteiger partial charge in [-0.05, 0) is 44.2 Å². The van der Waals surface area contributed by atoms with E-state index in [9.17, 15) is 9.59 Å². The van der Waals surface area contributed by atoms with Gasteiger partial charge < -0.3 is 9.47 Å². The van der Waals surface area contributed by atoms with E-state index in [4.69, 9.17) is 9.47 Å². The number of nitrogens with one attached hydrogen (secondary N) is 1. The Morgan fingerprint density at radius 3 is 2.59 bits per heavy atom. The maximum absolute atomic E-state index is 13.2. The highest BCUT2D eigenvalue weighted by molar-refractivity contribution is 6.11. The summed E-state index contributed by atoms with van der Waals surface area (Å²) in [4.78, 5) is 26.9. The average Bonchev–Trinajstić information content (AvgIpc) is 3.26. The molecule has 0 saturated carbocycles. The second-order valence-electron chi connectivity index (χ2n) is 6.70. The molecule has 3 aromatic rings. The van der Waals surface area contributed by atoms with Gasteiger partial charge in [0.2, 0.25) is 0 Å². The summed E-state index contributed by atoms with van der Waals surface area (Å²) in [6, 6.07) is 14.0. The van der Waals surface area contributed by atoms with E-state index in [1.807, 2.05) is 31.2 Å². The minimum Gasteiger partial charge on any atom is -0.496 e. The van der Waals surface area contributed by atoms with Crippen LogP contribution in [0.3, 0.4) is 0 Å². The van der Waals surface area contributed by atoms with E-state index in [1.54, 1.807) is 43.2 Å². The number of aromatic nitrogens is 2. The van der Waals surface area contributed by atoms with Crippen molar-refractivity contribution in [1.29, 1.82) is 0 Å². The Labute approximate surface area is 168 Å². The number of aromatic amines is 1. The fraction of sp³-hybridized carbons (Fsp3) is 0.227. The van der Waals surface area contributed by atoms with Crippen molar-refractivity contribution in [3.63, 3.8) is 0 Å². The van der Waals surface area contributed by atoms with E-state index in [0.29, 0.717) is 29.3 Å². The highest BCUT2D eigenvalue weighted by Crippen LogP contribution is 2.44. The Balaban J connectivity index is 1.81. The molecule has 1 aliphatic rings. The van der Waals surface area contributed by atoms with Gasteiger partial charge in [-0.3, -0.25) is 14.8 Å². The number of ether oxygens (including phenoxy) is 2. The predicted molar refractivity (Wildman–Crippen MR) is 107 cm³/mol. The summed E-state index contributed by atoms with van der Waals surface area (Å²) in [7, 11) is 1.61. The highest BCUT2D eigenvalue weighted by atomic mass is 16.5. The molecule has 148 valence electrons. The SMILES string of the molecule is CCOC(=O)c1ccc(N2C(=O)c3n[nH]c(C)c3[C@@H]2c2ccccc2OC)cc1. The summed E-state index contributed by atoms with van der Waals surface area (Å²) < 4.78 is 10.6. The number of anilines is 1. The molecule has 2 aromatic carbocycles. The van der Waals surface area contributed by atoms with Gasteiger partial charge in [-0.25, -0.2) is 4.79 Å². The summed E-state index contributed by atoms with van der Waals surface area (Å²) in [6.45, 7) is 3.97. The van der Waals surface area contributed by atoms with Gasteiger partial charge in [-0.1, -0.05) is 18.2 Å². The molecular weight excluding hydrogens is 370 g/mol. The molecule has 0 unspecified atom stereocenters. The summed E-state index contributed by atoms with van der Waals surface area (Å²) in [5.74, 6) is 0.0908. The smallest absolute Gasteiger partial charge is 0.338 e. The van der Waals surface area contributed by atoms with Gasteiger partial charge in [0.1, 0.15) is 5.75 Å². The van der Waals surface area contributed by atoms with Crippen molar-refractivity contribution in [2.24, 2.45) is 0 Å². The van der Waals surface area contributed by atoms with E-state index < -0.39 is 5.97 Å². The zero-order valence-electron chi connectivity index (χ0n) is 16.4. The quantitative estimate of drug-likeness (QED) is 0.671. The maximum atomic E-state index is 13.2. The standard InChI is InChI=1S/C22H21N3O4/c1-4-29-22(27)14-9-11-15(12-10-14)25-20(16-7-5-6-8-17(16)28-3)18-13(2)23-24-19(18)21(25)26/h5-12,20H,4H2,1-3H3,(H,23,24)/t20-/m0/s1. The van der Waals surface area contributed by atoms with Crippen LogP contribution in [0.4, 0.5) is 5.69 Å². The third-order valence-electron chi connectivity index (χ3n) is 5.04. The Hall–Kier alpha value is -3.61. The number of fused-ring (bicyclic) bond motifs is 1. The van der Waals surface area contributed by atoms with Crippen molar-refractivity contribution in [2.75, 3.05) is 18.6 Å². The number of aryl methyl sites for hydroxylation is 1. The Morgan fingerprint density at radius 2 is 1.90 bits per heavy atom. The molecule has 0 aliphatic carbocycles. The fourth-order valence-corrected chi connectivity index (χ4v) is 3.72. The van der Waals surface area contributed by atoms with Crippen molar-refractivity contribution in [2.45, 2.75) is 19.9 Å². The number of hydrogen-bond donors (Lipinski definition) is 1. The Kier molecular flexibility index (Phi) is 4.80. The number of para-hydroxylation sites is 1. The molecule has 7 heteroatoms. The lowest BCUT2D eigenvalue weighted by atomic mass is 9.98. The van der Waals surface area contributed by atoms with Gasteiger partial charge in [0, 0.05) is 22.5 Å². The second kappa shape index (κ2) is 7.43. The van der Waals surface area contributed by atoms with Gasteiger partial charge in [-0.2, -0.15) is 5.10 Å². The van der Waals surface area contributed by atoms with Gasteiger partial charge in [-0.15, -0.1) is 0 Å². The normalized spacial score (nSPS) is 15.3. The number of hydrogen-bond acceptors (Lipinski definition) is 5. The van der Waals surface area contributed by atoms with Crippen molar-refractivity contribution < 1.29 is 19.1 Å². The van der Waals surface area contributed by atoms with E-state index in [-0.39, 0.29) is 11.9 Å². The van der Waals surface area contributed by atoms with Crippen molar-refractivity contribution in [3.8, 4) is 5.75 Å². The molecule has 1 N–H and O–H groups in total. The molecule has 1 atom stereocenters. The molecule has 1 aliphatic heterocycles. The average molecular weight is 391 g/mol. The first-order chi connectivity index (χ1) is 14.1. The van der Waals surface area contributed by atoms with Gasteiger partial charge in [0.25, 0.3) is 5.91 Å². The van der Waals surface area contributed by atoms with Crippen LogP contribution in [0.1, 0.15) is 50.6 Å². The molecule has 1 amide bonds. The lowest BCUT2D eigenvalue weighted by Crippen LogP contribution is -2.29. The van der Waals surface area contributed by atoms with E-state index in [0.717, 1.165) is 16.8 Å². The van der Waals surface area contributed by atoms with E-state index in [2.05, 4.69) is 10.2 Å². The van der Waals surface area contributed by atoms with Crippen LogP contribution in [0, 0.1) is 6.92 Å². The number of carbonyl (C=O) groups excluding carboxylic acids is 2. The third kappa shape index (κ3) is 3.04. The first-order valence-electron chi connectivity index (χ1n) is 9.35. The van der Waals surface area contributed by atoms with Gasteiger partial charge in [0.15, 0.2) is 5.69 Å². The zero-order valence-corrected chi connectivity index (χ0v) is 16.4. The van der Waals surface area contributed by atoms with Crippen LogP contribution < -0.4 is 9.64 Å². The number of carbonyl (C=O) groups is 2. The van der Waals surface area contributed by atoms with Crippen LogP contribution in [-0.2, 0) is 4.74 Å². The van der Waals surface area contributed by atoms with Gasteiger partial charge >= 0.3 is 5.97 Å². The van der Waals surface area contributed by atoms with Crippen LogP contribution in [-0.4, -0.2) is 35.8 Å². The molecule has 0 spiro atoms. The predicted octanol–water partition coefficient (Wildman–Crippen LogP) is 3.65. The number of benzene rings is 2. The summed E-state index contributed by atoms with van der Waals surface area (Å²) in [6.07, 6.45) is 0. The van der Waals surface area contributed by atoms with Gasteiger partial charge in [0.05, 0.1) is 25.3 Å². The number of methoxy groups -OCH3 is 1. The molecule has 1 aromatic heterocycles. The first-order valence-corrected chi connectivity index (χ1v) is 9.35. The van der Waals surface area contributed by atoms with Crippen LogP contribution in [0.5, 0.6) is 5.75 Å². The fourth-order valence-electron chi connectivity index (χ4n) is 3.72. The van der Waals surface area contributed by atoms with Crippen LogP contribution in [0.25, 0.3) is 0 Å². The monoisotopic (exact) mass is 391 g/mol. The summed E-state index contributed by atoms with van der Waals surface area (Å²) in [5.41, 5.74) is 4.01. The lowest BCUT2D eigenvalue weighted by Gasteiger charge is -2.27. The molecular formula is C22H21N3O4. The Bertz CT molecular complexity index is 1070. The van der Waals surface area contributed by atoms with E-state index >= 15 is 0 Å². The largest absolute Gasteiger partial charge is 0.496 e. The number of amides is 1. The molecule has 0 radical (unpaired) electrons. The molecule has 2 heterocycles. The minimum absolute atomic E-state index is 0.204.